The lowest BCUT2D eigenvalue weighted by atomic mass is 10.1. The van der Waals surface area contributed by atoms with Gasteiger partial charge in [-0.05, 0) is 11.4 Å². The van der Waals surface area contributed by atoms with E-state index in [1.165, 1.54) is 11.3 Å². The van der Waals surface area contributed by atoms with Crippen LogP contribution in [0.2, 0.25) is 0 Å². The predicted molar refractivity (Wildman–Crippen MR) is 86.2 cm³/mol. The van der Waals surface area contributed by atoms with Crippen LogP contribution in [0.1, 0.15) is 23.2 Å². The van der Waals surface area contributed by atoms with Crippen LogP contribution in [0.4, 0.5) is 6.01 Å². The standard InChI is InChI=1S/C16H13N3O3S/c20-13(11-4-2-1-3-5-11)6-7-14(21)17-16-19-18-15(22-16)12-8-9-23-10-12/h1-5,8-10H,6-7H2,(H,17,19,21). The molecule has 0 aliphatic rings. The second kappa shape index (κ2) is 6.97. The Balaban J connectivity index is 1.53. The van der Waals surface area contributed by atoms with Crippen molar-refractivity contribution in [3.05, 3.63) is 52.7 Å². The summed E-state index contributed by atoms with van der Waals surface area (Å²) in [6, 6.07) is 10.8. The zero-order valence-electron chi connectivity index (χ0n) is 12.1. The molecule has 3 rings (SSSR count). The molecule has 0 fully saturated rings. The number of thiophene rings is 1. The van der Waals surface area contributed by atoms with Gasteiger partial charge in [0.15, 0.2) is 5.78 Å². The van der Waals surface area contributed by atoms with Crippen LogP contribution in [0.25, 0.3) is 11.5 Å². The summed E-state index contributed by atoms with van der Waals surface area (Å²) in [5.41, 5.74) is 1.40. The van der Waals surface area contributed by atoms with E-state index in [-0.39, 0.29) is 30.5 Å². The summed E-state index contributed by atoms with van der Waals surface area (Å²) in [6.45, 7) is 0. The van der Waals surface area contributed by atoms with Gasteiger partial charge in [0.05, 0.1) is 0 Å². The second-order valence-electron chi connectivity index (χ2n) is 4.76. The van der Waals surface area contributed by atoms with Crippen molar-refractivity contribution in [3.8, 4) is 11.5 Å². The predicted octanol–water partition coefficient (Wildman–Crippen LogP) is 3.40. The van der Waals surface area contributed by atoms with Crippen LogP contribution < -0.4 is 5.32 Å². The third-order valence-corrected chi connectivity index (χ3v) is 3.80. The van der Waals surface area contributed by atoms with Gasteiger partial charge in [-0.15, -0.1) is 5.10 Å². The van der Waals surface area contributed by atoms with Crippen molar-refractivity contribution in [2.24, 2.45) is 0 Å². The average Bonchev–Trinajstić information content (AvgIpc) is 3.24. The third-order valence-electron chi connectivity index (χ3n) is 3.11. The molecule has 1 N–H and O–H groups in total. The Hall–Kier alpha value is -2.80. The second-order valence-corrected chi connectivity index (χ2v) is 5.54. The number of hydrogen-bond acceptors (Lipinski definition) is 6. The topological polar surface area (TPSA) is 85.1 Å². The number of carbonyl (C=O) groups excluding carboxylic acids is 2. The van der Waals surface area contributed by atoms with Gasteiger partial charge in [0.1, 0.15) is 0 Å². The molecule has 1 aromatic carbocycles. The summed E-state index contributed by atoms with van der Waals surface area (Å²) in [5.74, 6) is -0.0676. The van der Waals surface area contributed by atoms with Crippen molar-refractivity contribution >= 4 is 29.0 Å². The molecule has 0 saturated carbocycles. The van der Waals surface area contributed by atoms with E-state index >= 15 is 0 Å². The fraction of sp³-hybridized carbons (Fsp3) is 0.125. The first-order valence-corrected chi connectivity index (χ1v) is 7.91. The Morgan fingerprint density at radius 2 is 1.91 bits per heavy atom. The zero-order chi connectivity index (χ0) is 16.1. The fourth-order valence-electron chi connectivity index (χ4n) is 1.95. The maximum Gasteiger partial charge on any atom is 0.322 e. The molecule has 0 radical (unpaired) electrons. The minimum Gasteiger partial charge on any atom is -0.403 e. The Kier molecular flexibility index (Phi) is 4.58. The molecular weight excluding hydrogens is 314 g/mol. The highest BCUT2D eigenvalue weighted by Gasteiger charge is 2.13. The number of anilines is 1. The first-order chi connectivity index (χ1) is 11.2. The van der Waals surface area contributed by atoms with Gasteiger partial charge in [0.25, 0.3) is 5.89 Å². The molecule has 0 saturated heterocycles. The van der Waals surface area contributed by atoms with Crippen LogP contribution >= 0.6 is 11.3 Å². The minimum absolute atomic E-state index is 0.0309. The molecule has 23 heavy (non-hydrogen) atoms. The Bertz CT molecular complexity index is 797. The summed E-state index contributed by atoms with van der Waals surface area (Å²) in [4.78, 5) is 23.8. The summed E-state index contributed by atoms with van der Waals surface area (Å²) >= 11 is 1.51. The summed E-state index contributed by atoms with van der Waals surface area (Å²) in [6.07, 6.45) is 0.186. The van der Waals surface area contributed by atoms with Gasteiger partial charge >= 0.3 is 6.01 Å². The molecule has 0 aliphatic carbocycles. The highest BCUT2D eigenvalue weighted by atomic mass is 32.1. The summed E-state index contributed by atoms with van der Waals surface area (Å²) < 4.78 is 5.36. The van der Waals surface area contributed by atoms with Crippen molar-refractivity contribution in [2.45, 2.75) is 12.8 Å². The Morgan fingerprint density at radius 1 is 1.09 bits per heavy atom. The normalized spacial score (nSPS) is 10.4. The first kappa shape index (κ1) is 15.1. The number of carbonyl (C=O) groups is 2. The molecule has 0 atom stereocenters. The number of aromatic nitrogens is 2. The number of rotatable bonds is 6. The SMILES string of the molecule is O=C(CCC(=O)c1ccccc1)Nc1nnc(-c2ccsc2)o1. The molecule has 2 heterocycles. The molecule has 0 aliphatic heterocycles. The average molecular weight is 327 g/mol. The van der Waals surface area contributed by atoms with Crippen molar-refractivity contribution in [1.29, 1.82) is 0 Å². The maximum atomic E-state index is 11.9. The highest BCUT2D eigenvalue weighted by Crippen LogP contribution is 2.22. The smallest absolute Gasteiger partial charge is 0.322 e. The first-order valence-electron chi connectivity index (χ1n) is 6.96. The number of Topliss-reactive ketones (excluding diaryl/α,β-unsaturated/α-hetero) is 1. The zero-order valence-corrected chi connectivity index (χ0v) is 12.9. The fourth-order valence-corrected chi connectivity index (χ4v) is 2.58. The Labute approximate surface area is 136 Å². The molecule has 7 heteroatoms. The van der Waals surface area contributed by atoms with E-state index in [0.29, 0.717) is 11.5 Å². The van der Waals surface area contributed by atoms with Gasteiger partial charge in [-0.1, -0.05) is 35.4 Å². The van der Waals surface area contributed by atoms with E-state index in [1.54, 1.807) is 24.3 Å². The summed E-state index contributed by atoms with van der Waals surface area (Å²) in [5, 5.41) is 13.9. The molecule has 116 valence electrons. The lowest BCUT2D eigenvalue weighted by Gasteiger charge is -2.01. The van der Waals surface area contributed by atoms with Gasteiger partial charge in [0, 0.05) is 29.3 Å². The van der Waals surface area contributed by atoms with Crippen LogP contribution in [0.5, 0.6) is 0 Å². The van der Waals surface area contributed by atoms with E-state index < -0.39 is 0 Å². The van der Waals surface area contributed by atoms with Gasteiger partial charge < -0.3 is 4.42 Å². The third kappa shape index (κ3) is 3.89. The molecule has 0 spiro atoms. The van der Waals surface area contributed by atoms with E-state index in [1.807, 2.05) is 22.9 Å². The number of nitrogens with zero attached hydrogens (tertiary/aromatic N) is 2. The van der Waals surface area contributed by atoms with Crippen molar-refractivity contribution in [2.75, 3.05) is 5.32 Å². The number of hydrogen-bond donors (Lipinski definition) is 1. The van der Waals surface area contributed by atoms with Gasteiger partial charge in [-0.3, -0.25) is 14.9 Å². The van der Waals surface area contributed by atoms with Crippen LogP contribution in [0.15, 0.2) is 51.6 Å². The molecule has 1 amide bonds. The van der Waals surface area contributed by atoms with E-state index in [0.717, 1.165) is 5.56 Å². The molecule has 0 bridgehead atoms. The lowest BCUT2D eigenvalue weighted by molar-refractivity contribution is -0.116. The monoisotopic (exact) mass is 327 g/mol. The van der Waals surface area contributed by atoms with E-state index in [2.05, 4.69) is 15.5 Å². The van der Waals surface area contributed by atoms with Crippen LogP contribution in [0.3, 0.4) is 0 Å². The molecule has 3 aromatic rings. The van der Waals surface area contributed by atoms with Crippen LogP contribution in [-0.4, -0.2) is 21.9 Å². The number of benzene rings is 1. The quantitative estimate of drug-likeness (QED) is 0.701. The molecule has 2 aromatic heterocycles. The number of ketones is 1. The van der Waals surface area contributed by atoms with E-state index in [9.17, 15) is 9.59 Å². The number of nitrogens with one attached hydrogen (secondary N) is 1. The van der Waals surface area contributed by atoms with Crippen molar-refractivity contribution in [1.82, 2.24) is 10.2 Å². The maximum absolute atomic E-state index is 11.9. The number of amides is 1. The molecule has 6 nitrogen and oxygen atoms in total. The van der Waals surface area contributed by atoms with E-state index in [4.69, 9.17) is 4.42 Å². The van der Waals surface area contributed by atoms with Crippen LogP contribution in [0, 0.1) is 0 Å². The Morgan fingerprint density at radius 3 is 2.65 bits per heavy atom. The largest absolute Gasteiger partial charge is 0.403 e. The highest BCUT2D eigenvalue weighted by molar-refractivity contribution is 7.08. The lowest BCUT2D eigenvalue weighted by Crippen LogP contribution is -2.13. The molecular formula is C16H13N3O3S. The van der Waals surface area contributed by atoms with Gasteiger partial charge in [0.2, 0.25) is 5.91 Å². The molecule has 0 unspecified atom stereocenters. The van der Waals surface area contributed by atoms with Gasteiger partial charge in [-0.25, -0.2) is 0 Å². The minimum atomic E-state index is -0.338. The summed E-state index contributed by atoms with van der Waals surface area (Å²) in [7, 11) is 0. The van der Waals surface area contributed by atoms with Crippen molar-refractivity contribution in [3.63, 3.8) is 0 Å². The van der Waals surface area contributed by atoms with Crippen LogP contribution in [-0.2, 0) is 4.79 Å². The van der Waals surface area contributed by atoms with Crippen molar-refractivity contribution < 1.29 is 14.0 Å². The van der Waals surface area contributed by atoms with Gasteiger partial charge in [-0.2, -0.15) is 11.3 Å².